The number of amides is 3. The number of imide groups is 1. The number of rotatable bonds is 7. The van der Waals surface area contributed by atoms with Gasteiger partial charge in [-0.3, -0.25) is 14.5 Å². The zero-order valence-electron chi connectivity index (χ0n) is 16.2. The fourth-order valence-electron chi connectivity index (χ4n) is 3.46. The summed E-state index contributed by atoms with van der Waals surface area (Å²) in [5, 5.41) is 4.74. The minimum absolute atomic E-state index is 0.214. The van der Waals surface area contributed by atoms with E-state index in [4.69, 9.17) is 0 Å². The lowest BCUT2D eigenvalue weighted by molar-refractivity contribution is -0.130. The Morgan fingerprint density at radius 2 is 2.04 bits per heavy atom. The molecule has 7 heteroatoms. The first kappa shape index (κ1) is 19.4. The van der Waals surface area contributed by atoms with Gasteiger partial charge in [0, 0.05) is 28.4 Å². The molecule has 27 heavy (non-hydrogen) atoms. The minimum atomic E-state index is -0.922. The van der Waals surface area contributed by atoms with Crippen molar-refractivity contribution < 1.29 is 14.4 Å². The Kier molecular flexibility index (Phi) is 5.24. The molecule has 2 aromatic heterocycles. The van der Waals surface area contributed by atoms with Crippen LogP contribution in [0.5, 0.6) is 0 Å². The highest BCUT2D eigenvalue weighted by Crippen LogP contribution is 2.23. The van der Waals surface area contributed by atoms with Crippen molar-refractivity contribution in [3.05, 3.63) is 45.4 Å². The molecule has 2 aromatic rings. The summed E-state index contributed by atoms with van der Waals surface area (Å²) < 4.78 is 2.12. The van der Waals surface area contributed by atoms with E-state index in [0.717, 1.165) is 29.3 Å². The van der Waals surface area contributed by atoms with Gasteiger partial charge < -0.3 is 9.88 Å². The Morgan fingerprint density at radius 1 is 1.30 bits per heavy atom. The van der Waals surface area contributed by atoms with Gasteiger partial charge >= 0.3 is 6.03 Å². The summed E-state index contributed by atoms with van der Waals surface area (Å²) in [6.45, 7) is 7.98. The van der Waals surface area contributed by atoms with E-state index in [2.05, 4.69) is 21.3 Å². The van der Waals surface area contributed by atoms with E-state index < -0.39 is 11.6 Å². The van der Waals surface area contributed by atoms with Crippen molar-refractivity contribution in [2.75, 3.05) is 6.54 Å². The average Bonchev–Trinajstić information content (AvgIpc) is 3.29. The highest BCUT2D eigenvalue weighted by Gasteiger charge is 2.47. The first-order chi connectivity index (χ1) is 12.8. The maximum absolute atomic E-state index is 12.8. The molecule has 3 heterocycles. The number of aryl methyl sites for hydroxylation is 2. The van der Waals surface area contributed by atoms with Crippen LogP contribution in [0.2, 0.25) is 0 Å². The highest BCUT2D eigenvalue weighted by atomic mass is 32.1. The van der Waals surface area contributed by atoms with Crippen LogP contribution in [0.4, 0.5) is 4.79 Å². The number of urea groups is 1. The molecule has 0 bridgehead atoms. The standard InChI is InChI=1S/C20H25N3O3S/c1-5-20(4)18(25)23(19(26)21-20)12-17(24)16-11-13(2)22(14(16)3)9-8-15-7-6-10-27-15/h6-7,10-11H,5,8-9,12H2,1-4H3,(H,21,26)/t20-/m0/s1. The van der Waals surface area contributed by atoms with Crippen LogP contribution in [-0.2, 0) is 17.8 Å². The number of ketones is 1. The van der Waals surface area contributed by atoms with E-state index in [1.54, 1.807) is 18.3 Å². The fourth-order valence-corrected chi connectivity index (χ4v) is 4.16. The SMILES string of the molecule is CC[C@]1(C)NC(=O)N(CC(=O)c2cc(C)n(CCc3cccs3)c2C)C1=O. The minimum Gasteiger partial charge on any atom is -0.348 e. The highest BCUT2D eigenvalue weighted by molar-refractivity contribution is 7.09. The van der Waals surface area contributed by atoms with Crippen molar-refractivity contribution >= 4 is 29.1 Å². The van der Waals surface area contributed by atoms with E-state index in [1.165, 1.54) is 4.88 Å². The second kappa shape index (κ2) is 7.31. The van der Waals surface area contributed by atoms with Crippen LogP contribution in [0, 0.1) is 13.8 Å². The second-order valence-corrected chi connectivity index (χ2v) is 8.23. The molecule has 0 spiro atoms. The predicted octanol–water partition coefficient (Wildman–Crippen LogP) is 3.31. The zero-order chi connectivity index (χ0) is 19.8. The summed E-state index contributed by atoms with van der Waals surface area (Å²) >= 11 is 1.72. The Labute approximate surface area is 163 Å². The van der Waals surface area contributed by atoms with Gasteiger partial charge in [-0.2, -0.15) is 0 Å². The zero-order valence-corrected chi connectivity index (χ0v) is 17.0. The molecule has 3 rings (SSSR count). The topological polar surface area (TPSA) is 71.4 Å². The molecule has 6 nitrogen and oxygen atoms in total. The Hall–Kier alpha value is -2.41. The number of hydrogen-bond donors (Lipinski definition) is 1. The Bertz CT molecular complexity index is 885. The fraction of sp³-hybridized carbons (Fsp3) is 0.450. The molecule has 1 aliphatic rings. The van der Waals surface area contributed by atoms with Gasteiger partial charge in [-0.25, -0.2) is 4.79 Å². The number of nitrogens with zero attached hydrogens (tertiary/aromatic N) is 2. The molecule has 1 fully saturated rings. The molecule has 0 aliphatic carbocycles. The van der Waals surface area contributed by atoms with Gasteiger partial charge in [0.15, 0.2) is 5.78 Å². The lowest BCUT2D eigenvalue weighted by Gasteiger charge is -2.19. The van der Waals surface area contributed by atoms with Gasteiger partial charge in [0.25, 0.3) is 5.91 Å². The smallest absolute Gasteiger partial charge is 0.325 e. The molecular weight excluding hydrogens is 362 g/mol. The molecule has 144 valence electrons. The number of nitrogens with one attached hydrogen (secondary N) is 1. The Balaban J connectivity index is 1.75. The molecule has 1 saturated heterocycles. The lowest BCUT2D eigenvalue weighted by Crippen LogP contribution is -2.43. The quantitative estimate of drug-likeness (QED) is 0.585. The third kappa shape index (κ3) is 3.56. The molecule has 1 aliphatic heterocycles. The lowest BCUT2D eigenvalue weighted by atomic mass is 9.99. The van der Waals surface area contributed by atoms with Gasteiger partial charge in [-0.05, 0) is 51.1 Å². The number of thiophene rings is 1. The summed E-state index contributed by atoms with van der Waals surface area (Å²) in [6, 6.07) is 5.49. The second-order valence-electron chi connectivity index (χ2n) is 7.20. The maximum Gasteiger partial charge on any atom is 0.325 e. The van der Waals surface area contributed by atoms with Crippen molar-refractivity contribution in [2.24, 2.45) is 0 Å². The van der Waals surface area contributed by atoms with Crippen molar-refractivity contribution in [1.82, 2.24) is 14.8 Å². The molecule has 0 aromatic carbocycles. The molecule has 0 saturated carbocycles. The molecule has 0 unspecified atom stereocenters. The van der Waals surface area contributed by atoms with Crippen molar-refractivity contribution in [3.63, 3.8) is 0 Å². The number of aromatic nitrogens is 1. The van der Waals surface area contributed by atoms with Crippen LogP contribution in [0.25, 0.3) is 0 Å². The van der Waals surface area contributed by atoms with E-state index in [9.17, 15) is 14.4 Å². The van der Waals surface area contributed by atoms with Gasteiger partial charge in [-0.15, -0.1) is 11.3 Å². The summed E-state index contributed by atoms with van der Waals surface area (Å²) in [6.07, 6.45) is 1.39. The monoisotopic (exact) mass is 387 g/mol. The van der Waals surface area contributed by atoms with Crippen molar-refractivity contribution in [2.45, 2.75) is 52.6 Å². The molecule has 3 amide bonds. The third-order valence-electron chi connectivity index (χ3n) is 5.39. The number of hydrogen-bond acceptors (Lipinski definition) is 4. The van der Waals surface area contributed by atoms with E-state index in [-0.39, 0.29) is 18.2 Å². The summed E-state index contributed by atoms with van der Waals surface area (Å²) in [7, 11) is 0. The first-order valence-electron chi connectivity index (χ1n) is 9.13. The normalized spacial score (nSPS) is 19.6. The van der Waals surface area contributed by atoms with Crippen LogP contribution >= 0.6 is 11.3 Å². The average molecular weight is 388 g/mol. The predicted molar refractivity (Wildman–Crippen MR) is 105 cm³/mol. The van der Waals surface area contributed by atoms with Crippen LogP contribution in [0.1, 0.15) is 46.9 Å². The summed E-state index contributed by atoms with van der Waals surface area (Å²) in [5.41, 5.74) is 1.53. The van der Waals surface area contributed by atoms with E-state index in [0.29, 0.717) is 12.0 Å². The van der Waals surface area contributed by atoms with Gasteiger partial charge in [-0.1, -0.05) is 13.0 Å². The van der Waals surface area contributed by atoms with Crippen molar-refractivity contribution in [3.8, 4) is 0 Å². The van der Waals surface area contributed by atoms with Crippen LogP contribution < -0.4 is 5.32 Å². The third-order valence-corrected chi connectivity index (χ3v) is 6.33. The molecular formula is C20H25N3O3S. The first-order valence-corrected chi connectivity index (χ1v) is 10.0. The molecule has 1 atom stereocenters. The van der Waals surface area contributed by atoms with Gasteiger partial charge in [0.2, 0.25) is 0 Å². The van der Waals surface area contributed by atoms with E-state index in [1.807, 2.05) is 32.9 Å². The summed E-state index contributed by atoms with van der Waals surface area (Å²) in [5.74, 6) is -0.552. The van der Waals surface area contributed by atoms with Crippen LogP contribution in [0.3, 0.4) is 0 Å². The van der Waals surface area contributed by atoms with Gasteiger partial charge in [0.05, 0.1) is 6.54 Å². The molecule has 0 radical (unpaired) electrons. The number of carbonyl (C=O) groups excluding carboxylic acids is 3. The molecule has 1 N–H and O–H groups in total. The van der Waals surface area contributed by atoms with Crippen LogP contribution in [-0.4, -0.2) is 39.3 Å². The van der Waals surface area contributed by atoms with E-state index >= 15 is 0 Å². The van der Waals surface area contributed by atoms with Gasteiger partial charge in [0.1, 0.15) is 5.54 Å². The largest absolute Gasteiger partial charge is 0.348 e. The Morgan fingerprint density at radius 3 is 2.63 bits per heavy atom. The number of Topliss-reactive ketones (excluding diaryl/α,β-unsaturated/α-hetero) is 1. The summed E-state index contributed by atoms with van der Waals surface area (Å²) in [4.78, 5) is 39.8. The maximum atomic E-state index is 12.8. The van der Waals surface area contributed by atoms with Crippen molar-refractivity contribution in [1.29, 1.82) is 0 Å². The number of carbonyl (C=O) groups is 3. The van der Waals surface area contributed by atoms with Crippen LogP contribution in [0.15, 0.2) is 23.6 Å².